The number of anilines is 1. The van der Waals surface area contributed by atoms with Crippen LogP contribution in [-0.4, -0.2) is 53.7 Å². The van der Waals surface area contributed by atoms with Crippen molar-refractivity contribution in [2.24, 2.45) is 5.92 Å². The molecule has 0 spiro atoms. The summed E-state index contributed by atoms with van der Waals surface area (Å²) in [5, 5.41) is 13.4. The van der Waals surface area contributed by atoms with Gasteiger partial charge in [0, 0.05) is 30.1 Å². The maximum atomic E-state index is 14.9. The van der Waals surface area contributed by atoms with Crippen LogP contribution >= 0.6 is 0 Å². The molecule has 1 N–H and O–H groups in total. The standard InChI is InChI=1S/C26H27F3N6O2/c1-14(16-5-4-6-17(20(16)27)21(28)29)31-22-18-9-19(26(13-30)7-8-26)24(36-3)32-23(18)34-25(33-22)37-12-15-10-35(2)11-15/h4-6,9,14-15,21H,7-8,10-12H2,1-3H3,(H,31,32,33,34)/t14-/m1/s1. The minimum Gasteiger partial charge on any atom is -0.481 e. The fourth-order valence-corrected chi connectivity index (χ4v) is 4.74. The van der Waals surface area contributed by atoms with Crippen molar-refractivity contribution in [2.75, 3.05) is 39.2 Å². The van der Waals surface area contributed by atoms with Crippen LogP contribution < -0.4 is 14.8 Å². The van der Waals surface area contributed by atoms with Crippen LogP contribution in [0.15, 0.2) is 24.3 Å². The first-order valence-electron chi connectivity index (χ1n) is 12.1. The zero-order valence-corrected chi connectivity index (χ0v) is 20.8. The molecule has 2 aromatic heterocycles. The molecule has 2 fully saturated rings. The van der Waals surface area contributed by atoms with E-state index in [1.807, 2.05) is 7.05 Å². The molecule has 0 radical (unpaired) electrons. The summed E-state index contributed by atoms with van der Waals surface area (Å²) in [5.41, 5.74) is -0.380. The van der Waals surface area contributed by atoms with Crippen molar-refractivity contribution in [3.8, 4) is 18.0 Å². The molecular weight excluding hydrogens is 485 g/mol. The summed E-state index contributed by atoms with van der Waals surface area (Å²) in [4.78, 5) is 15.7. The van der Waals surface area contributed by atoms with E-state index in [2.05, 4.69) is 31.2 Å². The number of ether oxygens (including phenoxy) is 2. The Labute approximate surface area is 212 Å². The zero-order valence-electron chi connectivity index (χ0n) is 20.8. The van der Waals surface area contributed by atoms with Gasteiger partial charge in [0.2, 0.25) is 5.88 Å². The molecule has 1 aliphatic carbocycles. The number of hydrogen-bond donors (Lipinski definition) is 1. The Morgan fingerprint density at radius 3 is 2.57 bits per heavy atom. The van der Waals surface area contributed by atoms with Crippen LogP contribution in [0.2, 0.25) is 0 Å². The first kappa shape index (κ1) is 25.0. The van der Waals surface area contributed by atoms with Gasteiger partial charge in [-0.25, -0.2) is 13.2 Å². The highest BCUT2D eigenvalue weighted by molar-refractivity contribution is 5.88. The van der Waals surface area contributed by atoms with Gasteiger partial charge in [-0.1, -0.05) is 18.2 Å². The third kappa shape index (κ3) is 4.73. The molecule has 1 aromatic carbocycles. The van der Waals surface area contributed by atoms with Gasteiger partial charge in [0.05, 0.1) is 42.2 Å². The summed E-state index contributed by atoms with van der Waals surface area (Å²) >= 11 is 0. The number of alkyl halides is 2. The van der Waals surface area contributed by atoms with Gasteiger partial charge < -0.3 is 19.7 Å². The Bertz CT molecular complexity index is 1370. The topological polar surface area (TPSA) is 96.2 Å². The van der Waals surface area contributed by atoms with E-state index < -0.39 is 29.3 Å². The molecule has 3 heterocycles. The van der Waals surface area contributed by atoms with Gasteiger partial charge in [-0.3, -0.25) is 0 Å². The van der Waals surface area contributed by atoms with Crippen molar-refractivity contribution >= 4 is 16.9 Å². The lowest BCUT2D eigenvalue weighted by Gasteiger charge is -2.35. The normalized spacial score (nSPS) is 17.8. The maximum Gasteiger partial charge on any atom is 0.320 e. The van der Waals surface area contributed by atoms with Gasteiger partial charge in [0.1, 0.15) is 11.6 Å². The van der Waals surface area contributed by atoms with E-state index in [4.69, 9.17) is 9.47 Å². The zero-order chi connectivity index (χ0) is 26.3. The van der Waals surface area contributed by atoms with Crippen LogP contribution in [-0.2, 0) is 5.41 Å². The second-order valence-electron chi connectivity index (χ2n) is 9.78. The molecule has 1 saturated heterocycles. The molecule has 1 saturated carbocycles. The van der Waals surface area contributed by atoms with E-state index in [9.17, 15) is 18.4 Å². The Morgan fingerprint density at radius 2 is 1.95 bits per heavy atom. The van der Waals surface area contributed by atoms with Gasteiger partial charge in [-0.2, -0.15) is 20.2 Å². The average molecular weight is 513 g/mol. The third-order valence-electron chi connectivity index (χ3n) is 7.01. The first-order valence-corrected chi connectivity index (χ1v) is 12.1. The summed E-state index contributed by atoms with van der Waals surface area (Å²) in [6.07, 6.45) is -1.58. The molecule has 0 bridgehead atoms. The highest BCUT2D eigenvalue weighted by atomic mass is 19.3. The lowest BCUT2D eigenvalue weighted by molar-refractivity contribution is 0.0819. The van der Waals surface area contributed by atoms with Gasteiger partial charge in [-0.05, 0) is 32.9 Å². The predicted molar refractivity (Wildman–Crippen MR) is 130 cm³/mol. The van der Waals surface area contributed by atoms with Crippen molar-refractivity contribution in [1.82, 2.24) is 19.9 Å². The Hall–Kier alpha value is -3.65. The quantitative estimate of drug-likeness (QED) is 0.438. The first-order chi connectivity index (χ1) is 17.7. The fourth-order valence-electron chi connectivity index (χ4n) is 4.74. The van der Waals surface area contributed by atoms with Crippen molar-refractivity contribution < 1.29 is 22.6 Å². The van der Waals surface area contributed by atoms with Crippen LogP contribution in [0.3, 0.4) is 0 Å². The van der Waals surface area contributed by atoms with Crippen molar-refractivity contribution in [2.45, 2.75) is 37.6 Å². The number of nitrogens with zero attached hydrogens (tertiary/aromatic N) is 5. The molecule has 0 amide bonds. The lowest BCUT2D eigenvalue weighted by Crippen LogP contribution is -2.46. The number of halogens is 3. The molecule has 5 rings (SSSR count). The van der Waals surface area contributed by atoms with Gasteiger partial charge >= 0.3 is 6.01 Å². The van der Waals surface area contributed by atoms with E-state index in [1.165, 1.54) is 19.2 Å². The van der Waals surface area contributed by atoms with E-state index in [1.54, 1.807) is 13.0 Å². The van der Waals surface area contributed by atoms with E-state index in [-0.39, 0.29) is 17.2 Å². The largest absolute Gasteiger partial charge is 0.481 e. The van der Waals surface area contributed by atoms with Gasteiger partial charge in [-0.15, -0.1) is 0 Å². The third-order valence-corrected chi connectivity index (χ3v) is 7.01. The number of likely N-dealkylation sites (tertiary alicyclic amines) is 1. The summed E-state index contributed by atoms with van der Waals surface area (Å²) in [5.74, 6) is -0.0268. The summed E-state index contributed by atoms with van der Waals surface area (Å²) < 4.78 is 52.8. The van der Waals surface area contributed by atoms with Gasteiger partial charge in [0.25, 0.3) is 6.43 Å². The van der Waals surface area contributed by atoms with Crippen LogP contribution in [0.5, 0.6) is 11.9 Å². The molecule has 8 nitrogen and oxygen atoms in total. The molecule has 37 heavy (non-hydrogen) atoms. The number of rotatable bonds is 9. The molecule has 2 aliphatic rings. The van der Waals surface area contributed by atoms with Crippen molar-refractivity contribution in [3.05, 3.63) is 46.8 Å². The van der Waals surface area contributed by atoms with Crippen molar-refractivity contribution in [1.29, 1.82) is 5.26 Å². The van der Waals surface area contributed by atoms with E-state index >= 15 is 0 Å². The minimum atomic E-state index is -2.93. The molecular formula is C26H27F3N6O2. The second-order valence-corrected chi connectivity index (χ2v) is 9.78. The number of nitriles is 1. The number of aromatic nitrogens is 3. The van der Waals surface area contributed by atoms with Gasteiger partial charge in [0.15, 0.2) is 5.65 Å². The Kier molecular flexibility index (Phi) is 6.54. The maximum absolute atomic E-state index is 14.9. The highest BCUT2D eigenvalue weighted by Crippen LogP contribution is 2.51. The molecule has 1 atom stereocenters. The predicted octanol–water partition coefficient (Wildman–Crippen LogP) is 4.78. The fraction of sp³-hybridized carbons (Fsp3) is 0.462. The molecule has 0 unspecified atom stereocenters. The Morgan fingerprint density at radius 1 is 1.22 bits per heavy atom. The van der Waals surface area contributed by atoms with E-state index in [0.29, 0.717) is 48.0 Å². The minimum absolute atomic E-state index is 0.0712. The second kappa shape index (κ2) is 9.67. The van der Waals surface area contributed by atoms with Crippen LogP contribution in [0.25, 0.3) is 11.0 Å². The summed E-state index contributed by atoms with van der Waals surface area (Å²) in [6.45, 7) is 3.88. The monoisotopic (exact) mass is 512 g/mol. The SMILES string of the molecule is COc1nc2nc(OCC3CN(C)C3)nc(N[C@H](C)c3cccc(C(F)F)c3F)c2cc1C1(C#N)CC1. The van der Waals surface area contributed by atoms with E-state index in [0.717, 1.165) is 19.2 Å². The number of nitrogens with one attached hydrogen (secondary N) is 1. The molecule has 3 aromatic rings. The van der Waals surface area contributed by atoms with Crippen LogP contribution in [0.4, 0.5) is 19.0 Å². The smallest absolute Gasteiger partial charge is 0.320 e. The molecule has 194 valence electrons. The highest BCUT2D eigenvalue weighted by Gasteiger charge is 2.48. The Balaban J connectivity index is 1.55. The lowest BCUT2D eigenvalue weighted by atomic mass is 9.97. The number of benzene rings is 1. The van der Waals surface area contributed by atoms with Crippen LogP contribution in [0, 0.1) is 23.1 Å². The molecule has 1 aliphatic heterocycles. The van der Waals surface area contributed by atoms with Crippen LogP contribution in [0.1, 0.15) is 48.9 Å². The average Bonchev–Trinajstić information content (AvgIpc) is 3.66. The number of hydrogen-bond acceptors (Lipinski definition) is 8. The summed E-state index contributed by atoms with van der Waals surface area (Å²) in [7, 11) is 3.51. The van der Waals surface area contributed by atoms with Crippen molar-refractivity contribution in [3.63, 3.8) is 0 Å². The summed E-state index contributed by atoms with van der Waals surface area (Å²) in [6, 6.07) is 7.40. The molecule has 11 heteroatoms. The number of pyridine rings is 1. The number of methoxy groups -OCH3 is 1. The number of fused-ring (bicyclic) bond motifs is 1.